The molecule has 2 atom stereocenters. The van der Waals surface area contributed by atoms with Crippen molar-refractivity contribution in [1.29, 1.82) is 0 Å². The lowest BCUT2D eigenvalue weighted by atomic mass is 9.56. The van der Waals surface area contributed by atoms with Gasteiger partial charge >= 0.3 is 5.97 Å². The van der Waals surface area contributed by atoms with E-state index in [2.05, 4.69) is 11.2 Å². The minimum Gasteiger partial charge on any atom is -0.460 e. The summed E-state index contributed by atoms with van der Waals surface area (Å²) in [6, 6.07) is 6.25. The SMILES string of the molecule is CC(C)(C)OC(=O)C[C@]1(O)CCCC2=Cc3c(cnn3-c3ccc(F)cc3)C[C@@]21C. The molecular weight excluding hydrogens is 383 g/mol. The number of ether oxygens (including phenoxy) is 1. The van der Waals surface area contributed by atoms with Gasteiger partial charge in [0.25, 0.3) is 0 Å². The number of carbonyl (C=O) groups is 1. The van der Waals surface area contributed by atoms with Gasteiger partial charge < -0.3 is 9.84 Å². The van der Waals surface area contributed by atoms with Gasteiger partial charge in [0, 0.05) is 5.41 Å². The van der Waals surface area contributed by atoms with Crippen LogP contribution in [0.3, 0.4) is 0 Å². The van der Waals surface area contributed by atoms with Gasteiger partial charge in [-0.25, -0.2) is 9.07 Å². The summed E-state index contributed by atoms with van der Waals surface area (Å²) in [5.74, 6) is -0.662. The molecule has 5 nitrogen and oxygen atoms in total. The summed E-state index contributed by atoms with van der Waals surface area (Å²) < 4.78 is 20.6. The molecule has 30 heavy (non-hydrogen) atoms. The van der Waals surface area contributed by atoms with Crippen molar-refractivity contribution in [3.05, 3.63) is 53.1 Å². The summed E-state index contributed by atoms with van der Waals surface area (Å²) in [4.78, 5) is 12.6. The summed E-state index contributed by atoms with van der Waals surface area (Å²) >= 11 is 0. The molecule has 0 unspecified atom stereocenters. The third kappa shape index (κ3) is 3.58. The van der Waals surface area contributed by atoms with Crippen molar-refractivity contribution in [3.63, 3.8) is 0 Å². The highest BCUT2D eigenvalue weighted by Gasteiger charge is 2.54. The van der Waals surface area contributed by atoms with Gasteiger partial charge in [-0.3, -0.25) is 4.79 Å². The van der Waals surface area contributed by atoms with Crippen molar-refractivity contribution in [2.45, 2.75) is 71.0 Å². The van der Waals surface area contributed by atoms with Gasteiger partial charge in [0.2, 0.25) is 0 Å². The van der Waals surface area contributed by atoms with Gasteiger partial charge in [-0.1, -0.05) is 12.5 Å². The molecule has 1 saturated carbocycles. The van der Waals surface area contributed by atoms with E-state index >= 15 is 0 Å². The van der Waals surface area contributed by atoms with E-state index in [0.717, 1.165) is 35.4 Å². The minimum atomic E-state index is -1.17. The highest BCUT2D eigenvalue weighted by Crippen LogP contribution is 2.54. The highest BCUT2D eigenvalue weighted by molar-refractivity contribution is 5.72. The molecule has 1 heterocycles. The maximum Gasteiger partial charge on any atom is 0.309 e. The predicted molar refractivity (Wildman–Crippen MR) is 113 cm³/mol. The van der Waals surface area contributed by atoms with E-state index in [1.54, 1.807) is 18.3 Å². The Morgan fingerprint density at radius 1 is 1.30 bits per heavy atom. The Labute approximate surface area is 176 Å². The van der Waals surface area contributed by atoms with Crippen molar-refractivity contribution >= 4 is 12.0 Å². The molecular formula is C24H29FN2O3. The van der Waals surface area contributed by atoms with E-state index in [1.165, 1.54) is 12.1 Å². The topological polar surface area (TPSA) is 64.3 Å². The number of benzene rings is 1. The standard InChI is InChI=1S/C24H29FN2O3/c1-22(2,3)30-21(28)14-24(29)11-5-6-17-12-20-16(13-23(17,24)4)15-26-27(20)19-9-7-18(25)8-10-19/h7-10,12,15,29H,5-6,11,13-14H2,1-4H3/t23-,24+/m0/s1. The van der Waals surface area contributed by atoms with E-state index in [-0.39, 0.29) is 18.2 Å². The minimum absolute atomic E-state index is 0.0282. The zero-order valence-electron chi connectivity index (χ0n) is 18.0. The fourth-order valence-electron chi connectivity index (χ4n) is 4.85. The summed E-state index contributed by atoms with van der Waals surface area (Å²) in [5, 5.41) is 16.2. The zero-order valence-corrected chi connectivity index (χ0v) is 18.0. The van der Waals surface area contributed by atoms with Crippen LogP contribution >= 0.6 is 0 Å². The Bertz CT molecular complexity index is 1000. The molecule has 4 rings (SSSR count). The first kappa shape index (κ1) is 20.8. The molecule has 1 fully saturated rings. The van der Waals surface area contributed by atoms with Gasteiger partial charge in [0.1, 0.15) is 11.4 Å². The van der Waals surface area contributed by atoms with Crippen molar-refractivity contribution in [1.82, 2.24) is 9.78 Å². The molecule has 1 aromatic carbocycles. The van der Waals surface area contributed by atoms with Crippen LogP contribution in [0.5, 0.6) is 0 Å². The second kappa shape index (κ2) is 7.05. The summed E-state index contributed by atoms with van der Waals surface area (Å²) in [6.45, 7) is 7.54. The number of hydrogen-bond acceptors (Lipinski definition) is 4. The van der Waals surface area contributed by atoms with Crippen LogP contribution in [0.2, 0.25) is 0 Å². The molecule has 0 bridgehead atoms. The number of halogens is 1. The molecule has 2 aliphatic rings. The first-order chi connectivity index (χ1) is 14.0. The van der Waals surface area contributed by atoms with E-state index in [0.29, 0.717) is 12.8 Å². The second-order valence-corrected chi connectivity index (χ2v) is 9.77. The molecule has 0 spiro atoms. The molecule has 6 heteroatoms. The number of rotatable bonds is 3. The van der Waals surface area contributed by atoms with Gasteiger partial charge in [0.05, 0.1) is 29.6 Å². The maximum absolute atomic E-state index is 13.3. The number of carbonyl (C=O) groups excluding carboxylic acids is 1. The van der Waals surface area contributed by atoms with Crippen LogP contribution in [0.4, 0.5) is 4.39 Å². The summed E-state index contributed by atoms with van der Waals surface area (Å²) in [6.07, 6.45) is 6.69. The van der Waals surface area contributed by atoms with Crippen LogP contribution in [0.1, 0.15) is 64.6 Å². The van der Waals surface area contributed by atoms with E-state index in [4.69, 9.17) is 4.74 Å². The molecule has 2 aromatic rings. The molecule has 2 aliphatic carbocycles. The fraction of sp³-hybridized carbons (Fsp3) is 0.500. The average molecular weight is 413 g/mol. The third-order valence-corrected chi connectivity index (χ3v) is 6.44. The van der Waals surface area contributed by atoms with Gasteiger partial charge in [-0.15, -0.1) is 0 Å². The maximum atomic E-state index is 13.3. The first-order valence-corrected chi connectivity index (χ1v) is 10.5. The monoisotopic (exact) mass is 412 g/mol. The molecule has 0 saturated heterocycles. The lowest BCUT2D eigenvalue weighted by molar-refractivity contribution is -0.167. The largest absolute Gasteiger partial charge is 0.460 e. The van der Waals surface area contributed by atoms with Crippen LogP contribution in [0.25, 0.3) is 11.8 Å². The number of esters is 1. The van der Waals surface area contributed by atoms with Crippen molar-refractivity contribution < 1.29 is 19.0 Å². The molecule has 0 aliphatic heterocycles. The van der Waals surface area contributed by atoms with E-state index < -0.39 is 16.6 Å². The third-order valence-electron chi connectivity index (χ3n) is 6.44. The Balaban J connectivity index is 1.68. The fourth-order valence-corrected chi connectivity index (χ4v) is 4.85. The van der Waals surface area contributed by atoms with Gasteiger partial charge in [0.15, 0.2) is 0 Å². The molecule has 160 valence electrons. The second-order valence-electron chi connectivity index (χ2n) is 9.77. The number of aliphatic hydroxyl groups is 1. The quantitative estimate of drug-likeness (QED) is 0.748. The highest BCUT2D eigenvalue weighted by atomic mass is 19.1. The average Bonchev–Trinajstić information content (AvgIpc) is 3.02. The van der Waals surface area contributed by atoms with Crippen molar-refractivity contribution in [2.75, 3.05) is 0 Å². The van der Waals surface area contributed by atoms with Crippen molar-refractivity contribution in [2.24, 2.45) is 5.41 Å². The zero-order chi connectivity index (χ0) is 21.7. The van der Waals surface area contributed by atoms with Gasteiger partial charge in [-0.05, 0) is 82.4 Å². The lowest BCUT2D eigenvalue weighted by Crippen LogP contribution is -2.54. The molecule has 0 radical (unpaired) electrons. The first-order valence-electron chi connectivity index (χ1n) is 10.5. The van der Waals surface area contributed by atoms with Gasteiger partial charge in [-0.2, -0.15) is 5.10 Å². The summed E-state index contributed by atoms with van der Waals surface area (Å²) in [7, 11) is 0. The Morgan fingerprint density at radius 3 is 2.67 bits per heavy atom. The lowest BCUT2D eigenvalue weighted by Gasteiger charge is -2.51. The number of fused-ring (bicyclic) bond motifs is 2. The van der Waals surface area contributed by atoms with Crippen LogP contribution < -0.4 is 0 Å². The molecule has 1 N–H and O–H groups in total. The number of aromatic nitrogens is 2. The Morgan fingerprint density at radius 2 is 2.00 bits per heavy atom. The van der Waals surface area contributed by atoms with E-state index in [9.17, 15) is 14.3 Å². The van der Waals surface area contributed by atoms with Crippen molar-refractivity contribution in [3.8, 4) is 5.69 Å². The Kier molecular flexibility index (Phi) is 4.88. The van der Waals surface area contributed by atoms with E-state index in [1.807, 2.05) is 32.4 Å². The number of hydrogen-bond donors (Lipinski definition) is 1. The summed E-state index contributed by atoms with van der Waals surface area (Å²) in [5.41, 5.74) is 1.55. The molecule has 0 amide bonds. The van der Waals surface area contributed by atoms with Crippen LogP contribution in [0.15, 0.2) is 36.0 Å². The normalized spacial score (nSPS) is 25.9. The van der Waals surface area contributed by atoms with Crippen LogP contribution in [-0.4, -0.2) is 32.1 Å². The predicted octanol–water partition coefficient (Wildman–Crippen LogP) is 4.60. The van der Waals surface area contributed by atoms with Crippen LogP contribution in [-0.2, 0) is 16.0 Å². The molecule has 1 aromatic heterocycles. The Hall–Kier alpha value is -2.47. The smallest absolute Gasteiger partial charge is 0.309 e. The number of nitrogens with zero attached hydrogens (tertiary/aromatic N) is 2. The van der Waals surface area contributed by atoms with Crippen LogP contribution in [0, 0.1) is 11.2 Å².